The van der Waals surface area contributed by atoms with Gasteiger partial charge < -0.3 is 10.0 Å². The van der Waals surface area contributed by atoms with Gasteiger partial charge in [0.2, 0.25) is 0 Å². The predicted molar refractivity (Wildman–Crippen MR) is 78.1 cm³/mol. The summed E-state index contributed by atoms with van der Waals surface area (Å²) in [6.07, 6.45) is 0.958. The van der Waals surface area contributed by atoms with Crippen molar-refractivity contribution in [2.45, 2.75) is 52.5 Å². The van der Waals surface area contributed by atoms with Gasteiger partial charge in [-0.15, -0.1) is 0 Å². The van der Waals surface area contributed by atoms with Crippen LogP contribution in [-0.2, 0) is 0 Å². The fourth-order valence-corrected chi connectivity index (χ4v) is 1.68. The average Bonchev–Trinajstić information content (AvgIpc) is 2.37. The van der Waals surface area contributed by atoms with Crippen LogP contribution in [0.25, 0.3) is 0 Å². The molecule has 0 aliphatic rings. The molecule has 0 bridgehead atoms. The summed E-state index contributed by atoms with van der Waals surface area (Å²) >= 11 is 0. The van der Waals surface area contributed by atoms with Crippen LogP contribution in [0, 0.1) is 0 Å². The Labute approximate surface area is 115 Å². The zero-order chi connectivity index (χ0) is 14.8. The highest BCUT2D eigenvalue weighted by Crippen LogP contribution is 2.26. The molecule has 106 valence electrons. The van der Waals surface area contributed by atoms with Crippen LogP contribution < -0.4 is 4.90 Å². The van der Waals surface area contributed by atoms with Gasteiger partial charge in [0.25, 0.3) is 0 Å². The Kier molecular flexibility index (Phi) is 4.56. The third-order valence-electron chi connectivity index (χ3n) is 3.79. The fraction of sp³-hybridized carbons (Fsp3) is 0.600. The number of aromatic nitrogens is 1. The van der Waals surface area contributed by atoms with E-state index in [0.717, 1.165) is 17.9 Å². The Morgan fingerprint density at radius 3 is 2.42 bits per heavy atom. The molecule has 0 aliphatic heterocycles. The summed E-state index contributed by atoms with van der Waals surface area (Å²) in [5, 5.41) is 9.21. The second kappa shape index (κ2) is 5.59. The largest absolute Gasteiger partial charge is 0.478 e. The molecular formula is C15H24N2O2. The molecule has 0 fully saturated rings. The van der Waals surface area contributed by atoms with E-state index in [9.17, 15) is 9.90 Å². The van der Waals surface area contributed by atoms with Gasteiger partial charge in [-0.3, -0.25) is 0 Å². The fourth-order valence-electron chi connectivity index (χ4n) is 1.68. The molecule has 0 aromatic carbocycles. The van der Waals surface area contributed by atoms with Crippen molar-refractivity contribution >= 4 is 11.8 Å². The maximum absolute atomic E-state index is 11.2. The van der Waals surface area contributed by atoms with E-state index in [4.69, 9.17) is 0 Å². The van der Waals surface area contributed by atoms with E-state index in [2.05, 4.69) is 25.8 Å². The molecule has 1 N–H and O–H groups in total. The maximum atomic E-state index is 11.2. The second-order valence-electron chi connectivity index (χ2n) is 5.82. The zero-order valence-electron chi connectivity index (χ0n) is 12.7. The summed E-state index contributed by atoms with van der Waals surface area (Å²) in [5.74, 6) is 0.0138. The molecule has 0 amide bonds. The van der Waals surface area contributed by atoms with Gasteiger partial charge in [0, 0.05) is 18.3 Å². The van der Waals surface area contributed by atoms with Gasteiger partial charge in [0.15, 0.2) is 0 Å². The molecule has 4 nitrogen and oxygen atoms in total. The number of pyridine rings is 1. The highest BCUT2D eigenvalue weighted by atomic mass is 16.4. The smallest absolute Gasteiger partial charge is 0.335 e. The first-order valence-corrected chi connectivity index (χ1v) is 6.68. The molecule has 0 aliphatic carbocycles. The first kappa shape index (κ1) is 15.5. The average molecular weight is 264 g/mol. The van der Waals surface area contributed by atoms with Crippen molar-refractivity contribution in [3.8, 4) is 0 Å². The molecule has 0 radical (unpaired) electrons. The standard InChI is InChI=1S/C15H24N2O2/c1-7-15(4,5)17(6)13-9-11(14(18)19)8-12(16-13)10(2)3/h8-10H,7H2,1-6H3,(H,18,19). The lowest BCUT2D eigenvalue weighted by atomic mass is 9.99. The lowest BCUT2D eigenvalue weighted by Crippen LogP contribution is -2.41. The van der Waals surface area contributed by atoms with Crippen molar-refractivity contribution in [3.05, 3.63) is 23.4 Å². The molecule has 0 saturated carbocycles. The Bertz CT molecular complexity index is 467. The Hall–Kier alpha value is -1.58. The van der Waals surface area contributed by atoms with Crippen molar-refractivity contribution in [3.63, 3.8) is 0 Å². The third-order valence-corrected chi connectivity index (χ3v) is 3.79. The molecule has 0 unspecified atom stereocenters. The quantitative estimate of drug-likeness (QED) is 0.884. The summed E-state index contributed by atoms with van der Waals surface area (Å²) in [5.41, 5.74) is 1.05. The van der Waals surface area contributed by atoms with Gasteiger partial charge in [-0.2, -0.15) is 0 Å². The van der Waals surface area contributed by atoms with Crippen LogP contribution in [0.1, 0.15) is 63.0 Å². The maximum Gasteiger partial charge on any atom is 0.335 e. The number of hydrogen-bond acceptors (Lipinski definition) is 3. The van der Waals surface area contributed by atoms with Crippen molar-refractivity contribution in [2.24, 2.45) is 0 Å². The minimum Gasteiger partial charge on any atom is -0.478 e. The first-order chi connectivity index (χ1) is 8.69. The van der Waals surface area contributed by atoms with E-state index in [1.54, 1.807) is 12.1 Å². The van der Waals surface area contributed by atoms with Crippen LogP contribution in [0.4, 0.5) is 5.82 Å². The van der Waals surface area contributed by atoms with Crippen molar-refractivity contribution in [1.82, 2.24) is 4.98 Å². The van der Waals surface area contributed by atoms with Crippen LogP contribution in [0.3, 0.4) is 0 Å². The van der Waals surface area contributed by atoms with Gasteiger partial charge in [-0.05, 0) is 38.3 Å². The topological polar surface area (TPSA) is 53.4 Å². The lowest BCUT2D eigenvalue weighted by molar-refractivity contribution is 0.0696. The van der Waals surface area contributed by atoms with Gasteiger partial charge in [0.1, 0.15) is 5.82 Å². The highest BCUT2D eigenvalue weighted by Gasteiger charge is 2.24. The third kappa shape index (κ3) is 3.46. The number of carbonyl (C=O) groups is 1. The van der Waals surface area contributed by atoms with Gasteiger partial charge in [-0.25, -0.2) is 9.78 Å². The number of anilines is 1. The number of aromatic carboxylic acids is 1. The molecule has 0 spiro atoms. The van der Waals surface area contributed by atoms with Gasteiger partial charge >= 0.3 is 5.97 Å². The molecule has 0 saturated heterocycles. The summed E-state index contributed by atoms with van der Waals surface area (Å²) in [4.78, 5) is 17.9. The van der Waals surface area contributed by atoms with Crippen LogP contribution in [0.15, 0.2) is 12.1 Å². The Morgan fingerprint density at radius 1 is 1.42 bits per heavy atom. The molecular weight excluding hydrogens is 240 g/mol. The molecule has 1 aromatic rings. The van der Waals surface area contributed by atoms with Crippen LogP contribution in [-0.4, -0.2) is 28.6 Å². The number of rotatable bonds is 5. The minimum absolute atomic E-state index is 0.0572. The SMILES string of the molecule is CCC(C)(C)N(C)c1cc(C(=O)O)cc(C(C)C)n1. The molecule has 0 atom stereocenters. The Balaban J connectivity index is 3.31. The van der Waals surface area contributed by atoms with Gasteiger partial charge in [-0.1, -0.05) is 20.8 Å². The van der Waals surface area contributed by atoms with Crippen molar-refractivity contribution in [2.75, 3.05) is 11.9 Å². The summed E-state index contributed by atoms with van der Waals surface area (Å²) in [7, 11) is 1.96. The van der Waals surface area contributed by atoms with E-state index in [1.165, 1.54) is 0 Å². The van der Waals surface area contributed by atoms with Crippen LogP contribution in [0.2, 0.25) is 0 Å². The normalized spacial score (nSPS) is 11.7. The van der Waals surface area contributed by atoms with Gasteiger partial charge in [0.05, 0.1) is 5.56 Å². The van der Waals surface area contributed by atoms with E-state index in [-0.39, 0.29) is 11.5 Å². The zero-order valence-corrected chi connectivity index (χ0v) is 12.7. The summed E-state index contributed by atoms with van der Waals surface area (Å²) in [6, 6.07) is 3.30. The highest BCUT2D eigenvalue weighted by molar-refractivity contribution is 5.88. The van der Waals surface area contributed by atoms with E-state index < -0.39 is 5.97 Å². The predicted octanol–water partition coefficient (Wildman–Crippen LogP) is 3.53. The van der Waals surface area contributed by atoms with Crippen LogP contribution >= 0.6 is 0 Å². The molecule has 1 rings (SSSR count). The number of carboxylic acid groups (broad SMARTS) is 1. The first-order valence-electron chi connectivity index (χ1n) is 6.68. The summed E-state index contributed by atoms with van der Waals surface area (Å²) in [6.45, 7) is 10.4. The van der Waals surface area contributed by atoms with E-state index in [0.29, 0.717) is 5.56 Å². The second-order valence-corrected chi connectivity index (χ2v) is 5.82. The van der Waals surface area contributed by atoms with Crippen molar-refractivity contribution in [1.29, 1.82) is 0 Å². The lowest BCUT2D eigenvalue weighted by Gasteiger charge is -2.36. The number of nitrogens with zero attached hydrogens (tertiary/aromatic N) is 2. The number of carboxylic acids is 1. The Morgan fingerprint density at radius 2 is 2.00 bits per heavy atom. The summed E-state index contributed by atoms with van der Waals surface area (Å²) < 4.78 is 0. The minimum atomic E-state index is -0.909. The number of hydrogen-bond donors (Lipinski definition) is 1. The molecule has 1 aromatic heterocycles. The van der Waals surface area contributed by atoms with Crippen LogP contribution in [0.5, 0.6) is 0 Å². The molecule has 4 heteroatoms. The molecule has 19 heavy (non-hydrogen) atoms. The van der Waals surface area contributed by atoms with E-state index >= 15 is 0 Å². The molecule has 1 heterocycles. The van der Waals surface area contributed by atoms with Crippen molar-refractivity contribution < 1.29 is 9.90 Å². The monoisotopic (exact) mass is 264 g/mol. The van der Waals surface area contributed by atoms with E-state index in [1.807, 2.05) is 25.8 Å².